The van der Waals surface area contributed by atoms with Crippen LogP contribution in [0.1, 0.15) is 29.7 Å². The summed E-state index contributed by atoms with van der Waals surface area (Å²) in [6.45, 7) is 1.45. The Balaban J connectivity index is 1.78. The molecule has 0 saturated carbocycles. The van der Waals surface area contributed by atoms with Gasteiger partial charge in [0.15, 0.2) is 0 Å². The quantitative estimate of drug-likeness (QED) is 0.923. The Morgan fingerprint density at radius 2 is 2.24 bits per heavy atom. The van der Waals surface area contributed by atoms with E-state index in [1.165, 1.54) is 22.2 Å². The Morgan fingerprint density at radius 3 is 3.10 bits per heavy atom. The number of aryl methyl sites for hydroxylation is 2. The van der Waals surface area contributed by atoms with E-state index in [0.29, 0.717) is 6.54 Å². The zero-order valence-electron chi connectivity index (χ0n) is 11.7. The number of fused-ring (bicyclic) bond motifs is 3. The summed E-state index contributed by atoms with van der Waals surface area (Å²) in [6.07, 6.45) is 6.76. The monoisotopic (exact) mass is 303 g/mol. The molecule has 21 heavy (non-hydrogen) atoms. The second-order valence-electron chi connectivity index (χ2n) is 5.86. The zero-order chi connectivity index (χ0) is 14.4. The average Bonchev–Trinajstić information content (AvgIpc) is 3.07. The minimum absolute atomic E-state index is 0.282. The lowest BCUT2D eigenvalue weighted by atomic mass is 9.98. The van der Waals surface area contributed by atoms with E-state index in [0.717, 1.165) is 42.9 Å². The smallest absolute Gasteiger partial charge is 0.308 e. The Kier molecular flexibility index (Phi) is 3.06. The van der Waals surface area contributed by atoms with Crippen molar-refractivity contribution in [2.24, 2.45) is 5.92 Å². The first-order valence-corrected chi connectivity index (χ1v) is 8.28. The molecule has 1 atom stereocenters. The van der Waals surface area contributed by atoms with Gasteiger partial charge in [0.05, 0.1) is 11.3 Å². The fourth-order valence-electron chi connectivity index (χ4n) is 3.52. The average molecular weight is 303 g/mol. The molecule has 0 aromatic carbocycles. The van der Waals surface area contributed by atoms with Crippen molar-refractivity contribution >= 4 is 33.3 Å². The van der Waals surface area contributed by atoms with Crippen LogP contribution in [0, 0.1) is 5.92 Å². The number of rotatable bonds is 2. The predicted molar refractivity (Wildman–Crippen MR) is 82.0 cm³/mol. The number of aromatic nitrogens is 2. The molecule has 0 radical (unpaired) electrons. The summed E-state index contributed by atoms with van der Waals surface area (Å²) in [6, 6.07) is 0. The first-order valence-electron chi connectivity index (χ1n) is 7.47. The Hall–Kier alpha value is -1.69. The summed E-state index contributed by atoms with van der Waals surface area (Å²) in [7, 11) is 0. The van der Waals surface area contributed by atoms with Gasteiger partial charge in [-0.3, -0.25) is 4.79 Å². The van der Waals surface area contributed by atoms with Gasteiger partial charge in [0.25, 0.3) is 0 Å². The van der Waals surface area contributed by atoms with Crippen molar-refractivity contribution in [3.8, 4) is 0 Å². The fraction of sp³-hybridized carbons (Fsp3) is 0.533. The number of aliphatic carboxylic acids is 1. The maximum Gasteiger partial charge on any atom is 0.308 e. The predicted octanol–water partition coefficient (Wildman–Crippen LogP) is 2.48. The molecule has 4 rings (SSSR count). The van der Waals surface area contributed by atoms with Crippen LogP contribution in [0.25, 0.3) is 10.2 Å². The van der Waals surface area contributed by atoms with Gasteiger partial charge >= 0.3 is 5.97 Å². The van der Waals surface area contributed by atoms with Crippen molar-refractivity contribution in [3.63, 3.8) is 0 Å². The third-order valence-electron chi connectivity index (χ3n) is 4.55. The third-order valence-corrected chi connectivity index (χ3v) is 5.75. The highest BCUT2D eigenvalue weighted by atomic mass is 32.1. The van der Waals surface area contributed by atoms with Crippen LogP contribution in [0.2, 0.25) is 0 Å². The molecule has 2 aliphatic rings. The summed E-state index contributed by atoms with van der Waals surface area (Å²) in [5.41, 5.74) is 1.41. The molecule has 0 amide bonds. The van der Waals surface area contributed by atoms with Gasteiger partial charge < -0.3 is 10.0 Å². The van der Waals surface area contributed by atoms with E-state index in [1.54, 1.807) is 17.7 Å². The molecule has 0 bridgehead atoms. The largest absolute Gasteiger partial charge is 0.481 e. The first-order chi connectivity index (χ1) is 10.2. The number of piperidine rings is 1. The Morgan fingerprint density at radius 1 is 1.33 bits per heavy atom. The molecule has 3 heterocycles. The van der Waals surface area contributed by atoms with Crippen LogP contribution < -0.4 is 4.90 Å². The van der Waals surface area contributed by atoms with Gasteiger partial charge in [-0.2, -0.15) is 0 Å². The maximum absolute atomic E-state index is 11.3. The van der Waals surface area contributed by atoms with Crippen LogP contribution in [0.4, 0.5) is 5.82 Å². The topological polar surface area (TPSA) is 66.3 Å². The van der Waals surface area contributed by atoms with Gasteiger partial charge in [0, 0.05) is 18.0 Å². The molecule has 5 nitrogen and oxygen atoms in total. The van der Waals surface area contributed by atoms with E-state index in [1.807, 2.05) is 0 Å². The minimum Gasteiger partial charge on any atom is -0.481 e. The summed E-state index contributed by atoms with van der Waals surface area (Å²) >= 11 is 1.78. The molecule has 0 spiro atoms. The SMILES string of the molecule is O=C(O)C1CCCN(c2ncnc3sc4c(c23)CCC4)C1. The molecule has 2 aromatic rings. The van der Waals surface area contributed by atoms with Crippen LogP contribution in [-0.4, -0.2) is 34.1 Å². The van der Waals surface area contributed by atoms with Crippen LogP contribution in [-0.2, 0) is 17.6 Å². The number of carboxylic acid groups (broad SMARTS) is 1. The first kappa shape index (κ1) is 13.0. The number of anilines is 1. The fourth-order valence-corrected chi connectivity index (χ4v) is 4.75. The van der Waals surface area contributed by atoms with Crippen molar-refractivity contribution in [3.05, 3.63) is 16.8 Å². The number of nitrogens with zero attached hydrogens (tertiary/aromatic N) is 3. The second-order valence-corrected chi connectivity index (χ2v) is 6.94. The lowest BCUT2D eigenvalue weighted by Crippen LogP contribution is -2.39. The van der Waals surface area contributed by atoms with Crippen LogP contribution in [0.5, 0.6) is 0 Å². The highest BCUT2D eigenvalue weighted by molar-refractivity contribution is 7.19. The van der Waals surface area contributed by atoms with Crippen molar-refractivity contribution in [2.45, 2.75) is 32.1 Å². The highest BCUT2D eigenvalue weighted by Gasteiger charge is 2.29. The number of hydrogen-bond acceptors (Lipinski definition) is 5. The standard InChI is InChI=1S/C15H17N3O2S/c19-15(20)9-3-2-6-18(7-9)13-12-10-4-1-5-11(10)21-14(12)17-8-16-13/h8-9H,1-7H2,(H,19,20). The molecule has 2 aromatic heterocycles. The van der Waals surface area contributed by atoms with Gasteiger partial charge in [-0.15, -0.1) is 11.3 Å². The summed E-state index contributed by atoms with van der Waals surface area (Å²) in [5.74, 6) is -0.0265. The highest BCUT2D eigenvalue weighted by Crippen LogP contribution is 2.40. The van der Waals surface area contributed by atoms with E-state index >= 15 is 0 Å². The molecule has 1 fully saturated rings. The molecular formula is C15H17N3O2S. The lowest BCUT2D eigenvalue weighted by molar-refractivity contribution is -0.141. The van der Waals surface area contributed by atoms with Crippen LogP contribution in [0.15, 0.2) is 6.33 Å². The van der Waals surface area contributed by atoms with E-state index in [-0.39, 0.29) is 5.92 Å². The number of carboxylic acids is 1. The molecule has 6 heteroatoms. The molecule has 1 unspecified atom stereocenters. The normalized spacial score (nSPS) is 21.7. The van der Waals surface area contributed by atoms with E-state index in [4.69, 9.17) is 0 Å². The maximum atomic E-state index is 11.3. The van der Waals surface area contributed by atoms with Gasteiger partial charge in [-0.25, -0.2) is 9.97 Å². The zero-order valence-corrected chi connectivity index (χ0v) is 12.5. The van der Waals surface area contributed by atoms with Crippen molar-refractivity contribution in [1.29, 1.82) is 0 Å². The molecule has 1 saturated heterocycles. The van der Waals surface area contributed by atoms with Gasteiger partial charge in [0.1, 0.15) is 17.0 Å². The molecule has 1 aliphatic heterocycles. The Bertz CT molecular complexity index is 712. The molecular weight excluding hydrogens is 286 g/mol. The van der Waals surface area contributed by atoms with E-state index < -0.39 is 5.97 Å². The summed E-state index contributed by atoms with van der Waals surface area (Å²) in [5, 5.41) is 10.5. The molecule has 110 valence electrons. The van der Waals surface area contributed by atoms with E-state index in [2.05, 4.69) is 14.9 Å². The number of hydrogen-bond donors (Lipinski definition) is 1. The Labute approximate surface area is 126 Å². The van der Waals surface area contributed by atoms with Gasteiger partial charge in [0.2, 0.25) is 0 Å². The molecule has 1 aliphatic carbocycles. The summed E-state index contributed by atoms with van der Waals surface area (Å²) in [4.78, 5) is 24.8. The third kappa shape index (κ3) is 2.09. The van der Waals surface area contributed by atoms with Crippen LogP contribution >= 0.6 is 11.3 Å². The van der Waals surface area contributed by atoms with Crippen molar-refractivity contribution in [2.75, 3.05) is 18.0 Å². The lowest BCUT2D eigenvalue weighted by Gasteiger charge is -2.32. The summed E-state index contributed by atoms with van der Waals surface area (Å²) < 4.78 is 0. The van der Waals surface area contributed by atoms with Crippen LogP contribution in [0.3, 0.4) is 0 Å². The van der Waals surface area contributed by atoms with Crippen molar-refractivity contribution < 1.29 is 9.90 Å². The van der Waals surface area contributed by atoms with E-state index in [9.17, 15) is 9.90 Å². The minimum atomic E-state index is -0.694. The van der Waals surface area contributed by atoms with Gasteiger partial charge in [-0.05, 0) is 37.7 Å². The van der Waals surface area contributed by atoms with Gasteiger partial charge in [-0.1, -0.05) is 0 Å². The van der Waals surface area contributed by atoms with Crippen molar-refractivity contribution in [1.82, 2.24) is 9.97 Å². The number of thiophene rings is 1. The second kappa shape index (κ2) is 4.94. The molecule has 1 N–H and O–H groups in total. The number of carbonyl (C=O) groups is 1.